The molecule has 1 aromatic rings. The van der Waals surface area contributed by atoms with Gasteiger partial charge in [0.05, 0.1) is 0 Å². The number of ketones is 1. The Morgan fingerprint density at radius 1 is 1.53 bits per heavy atom. The van der Waals surface area contributed by atoms with Gasteiger partial charge in [0.2, 0.25) is 0 Å². The topological polar surface area (TPSA) is 17.1 Å². The monoisotopic (exact) mass is 222 g/mol. The fourth-order valence-corrected chi connectivity index (χ4v) is 1.50. The number of Topliss-reactive ketones (excluding diaryl/α,β-unsaturated/α-hetero) is 1. The Hall–Kier alpha value is -1.08. The van der Waals surface area contributed by atoms with Crippen LogP contribution in [0.5, 0.6) is 0 Å². The number of benzene rings is 1. The predicted octanol–water partition coefficient (Wildman–Crippen LogP) is 4.19. The van der Waals surface area contributed by atoms with Gasteiger partial charge in [-0.15, -0.1) is 6.58 Å². The molecule has 0 heterocycles. The molecule has 0 radical (unpaired) electrons. The first-order chi connectivity index (χ1) is 7.15. The summed E-state index contributed by atoms with van der Waals surface area (Å²) in [7, 11) is 0. The lowest BCUT2D eigenvalue weighted by molar-refractivity contribution is 0.0980. The van der Waals surface area contributed by atoms with Crippen molar-refractivity contribution in [3.8, 4) is 0 Å². The highest BCUT2D eigenvalue weighted by atomic mass is 35.5. The molecule has 0 fully saturated rings. The number of carbonyl (C=O) groups is 1. The molecule has 0 bridgehead atoms. The molecular weight excluding hydrogens is 208 g/mol. The molecule has 0 spiro atoms. The van der Waals surface area contributed by atoms with Gasteiger partial charge in [-0.25, -0.2) is 0 Å². The number of halogens is 1. The van der Waals surface area contributed by atoms with Crippen LogP contribution in [0.2, 0.25) is 5.02 Å². The van der Waals surface area contributed by atoms with Gasteiger partial charge < -0.3 is 0 Å². The molecule has 1 nitrogen and oxygen atoms in total. The smallest absolute Gasteiger partial charge is 0.162 e. The summed E-state index contributed by atoms with van der Waals surface area (Å²) in [5, 5.41) is 0.657. The summed E-state index contributed by atoms with van der Waals surface area (Å²) in [4.78, 5) is 11.7. The molecule has 15 heavy (non-hydrogen) atoms. The first-order valence-corrected chi connectivity index (χ1v) is 5.43. The summed E-state index contributed by atoms with van der Waals surface area (Å²) < 4.78 is 0. The minimum absolute atomic E-state index is 0.152. The molecule has 0 unspecified atom stereocenters. The molecule has 0 aliphatic carbocycles. The van der Waals surface area contributed by atoms with Gasteiger partial charge in [0.1, 0.15) is 0 Å². The van der Waals surface area contributed by atoms with E-state index >= 15 is 0 Å². The molecule has 0 aromatic heterocycles. The number of allylic oxidation sites excluding steroid dienone is 1. The summed E-state index contributed by atoms with van der Waals surface area (Å²) in [6.45, 7) is 5.55. The van der Waals surface area contributed by atoms with Gasteiger partial charge in [-0.05, 0) is 31.4 Å². The second-order valence-corrected chi connectivity index (χ2v) is 3.98. The minimum atomic E-state index is 0.152. The molecule has 0 saturated heterocycles. The zero-order valence-electron chi connectivity index (χ0n) is 8.92. The molecule has 0 N–H and O–H groups in total. The third-order valence-electron chi connectivity index (χ3n) is 2.31. The van der Waals surface area contributed by atoms with Crippen LogP contribution in [0.1, 0.15) is 35.2 Å². The van der Waals surface area contributed by atoms with E-state index in [1.54, 1.807) is 6.07 Å². The van der Waals surface area contributed by atoms with Crippen molar-refractivity contribution in [1.82, 2.24) is 0 Å². The Morgan fingerprint density at radius 3 is 2.87 bits per heavy atom. The lowest BCUT2D eigenvalue weighted by atomic mass is 10.0. The van der Waals surface area contributed by atoms with Gasteiger partial charge in [0.25, 0.3) is 0 Å². The minimum Gasteiger partial charge on any atom is -0.294 e. The average Bonchev–Trinajstić information content (AvgIpc) is 2.22. The first-order valence-electron chi connectivity index (χ1n) is 5.05. The van der Waals surface area contributed by atoms with Gasteiger partial charge in [-0.3, -0.25) is 4.79 Å². The third kappa shape index (κ3) is 3.52. The van der Waals surface area contributed by atoms with Crippen LogP contribution in [-0.2, 0) is 0 Å². The molecule has 0 atom stereocenters. The molecule has 2 heteroatoms. The second-order valence-electron chi connectivity index (χ2n) is 3.57. The van der Waals surface area contributed by atoms with Crippen molar-refractivity contribution in [1.29, 1.82) is 0 Å². The van der Waals surface area contributed by atoms with E-state index in [4.69, 9.17) is 11.6 Å². The van der Waals surface area contributed by atoms with Crippen LogP contribution in [0, 0.1) is 6.92 Å². The molecule has 1 rings (SSSR count). The Morgan fingerprint density at radius 2 is 2.27 bits per heavy atom. The molecular formula is C13H15ClO. The second kappa shape index (κ2) is 5.72. The van der Waals surface area contributed by atoms with Gasteiger partial charge in [0.15, 0.2) is 5.78 Å². The highest BCUT2D eigenvalue weighted by molar-refractivity contribution is 6.31. The van der Waals surface area contributed by atoms with Crippen LogP contribution in [0.3, 0.4) is 0 Å². The normalized spacial score (nSPS) is 10.0. The van der Waals surface area contributed by atoms with E-state index in [2.05, 4.69) is 6.58 Å². The molecule has 0 amide bonds. The highest BCUT2D eigenvalue weighted by Crippen LogP contribution is 2.18. The quantitative estimate of drug-likeness (QED) is 0.415. The number of hydrogen-bond acceptors (Lipinski definition) is 1. The fourth-order valence-electron chi connectivity index (χ4n) is 1.32. The number of unbranched alkanes of at least 4 members (excludes halogenated alkanes) is 1. The standard InChI is InChI=1S/C13H15ClO/c1-3-4-5-6-13(15)11-8-7-10(2)12(14)9-11/h3,7-9H,1,4-6H2,2H3. The van der Waals surface area contributed by atoms with Crippen LogP contribution in [0.25, 0.3) is 0 Å². The van der Waals surface area contributed by atoms with Gasteiger partial charge in [0, 0.05) is 17.0 Å². The zero-order chi connectivity index (χ0) is 11.3. The Balaban J connectivity index is 2.65. The van der Waals surface area contributed by atoms with Crippen molar-refractivity contribution >= 4 is 17.4 Å². The van der Waals surface area contributed by atoms with E-state index in [0.717, 1.165) is 18.4 Å². The Kier molecular flexibility index (Phi) is 4.57. The zero-order valence-corrected chi connectivity index (χ0v) is 9.68. The van der Waals surface area contributed by atoms with Crippen molar-refractivity contribution in [3.63, 3.8) is 0 Å². The Bertz CT molecular complexity index is 369. The molecule has 0 saturated carbocycles. The molecule has 1 aromatic carbocycles. The van der Waals surface area contributed by atoms with E-state index in [0.29, 0.717) is 17.0 Å². The van der Waals surface area contributed by atoms with Crippen LogP contribution in [-0.4, -0.2) is 5.78 Å². The molecule has 0 aliphatic heterocycles. The fraction of sp³-hybridized carbons (Fsp3) is 0.308. The summed E-state index contributed by atoms with van der Waals surface area (Å²) in [5.74, 6) is 0.152. The van der Waals surface area contributed by atoms with Crippen molar-refractivity contribution in [2.75, 3.05) is 0 Å². The van der Waals surface area contributed by atoms with E-state index < -0.39 is 0 Å². The van der Waals surface area contributed by atoms with Gasteiger partial charge >= 0.3 is 0 Å². The van der Waals surface area contributed by atoms with Crippen molar-refractivity contribution in [2.24, 2.45) is 0 Å². The van der Waals surface area contributed by atoms with Crippen molar-refractivity contribution in [2.45, 2.75) is 26.2 Å². The maximum Gasteiger partial charge on any atom is 0.162 e. The molecule has 0 aliphatic rings. The van der Waals surface area contributed by atoms with Gasteiger partial charge in [-0.1, -0.05) is 29.8 Å². The van der Waals surface area contributed by atoms with E-state index in [9.17, 15) is 4.79 Å². The van der Waals surface area contributed by atoms with E-state index in [1.807, 2.05) is 25.1 Å². The summed E-state index contributed by atoms with van der Waals surface area (Å²) >= 11 is 5.95. The lowest BCUT2D eigenvalue weighted by Crippen LogP contribution is -1.98. The SMILES string of the molecule is C=CCCCC(=O)c1ccc(C)c(Cl)c1. The summed E-state index contributed by atoms with van der Waals surface area (Å²) in [6.07, 6.45) is 4.12. The van der Waals surface area contributed by atoms with Crippen LogP contribution in [0.4, 0.5) is 0 Å². The van der Waals surface area contributed by atoms with E-state index in [-0.39, 0.29) is 5.78 Å². The Labute approximate surface area is 95.8 Å². The van der Waals surface area contributed by atoms with Crippen LogP contribution >= 0.6 is 11.6 Å². The lowest BCUT2D eigenvalue weighted by Gasteiger charge is -2.02. The van der Waals surface area contributed by atoms with Crippen molar-refractivity contribution < 1.29 is 4.79 Å². The maximum absolute atomic E-state index is 11.7. The van der Waals surface area contributed by atoms with E-state index in [1.165, 1.54) is 0 Å². The molecule has 80 valence electrons. The average molecular weight is 223 g/mol. The summed E-state index contributed by atoms with van der Waals surface area (Å²) in [6, 6.07) is 5.45. The largest absolute Gasteiger partial charge is 0.294 e. The number of aryl methyl sites for hydroxylation is 1. The number of hydrogen-bond donors (Lipinski definition) is 0. The van der Waals surface area contributed by atoms with Crippen molar-refractivity contribution in [3.05, 3.63) is 47.0 Å². The third-order valence-corrected chi connectivity index (χ3v) is 2.71. The number of rotatable bonds is 5. The van der Waals surface area contributed by atoms with Crippen LogP contribution < -0.4 is 0 Å². The highest BCUT2D eigenvalue weighted by Gasteiger charge is 2.06. The predicted molar refractivity (Wildman–Crippen MR) is 64.6 cm³/mol. The number of carbonyl (C=O) groups excluding carboxylic acids is 1. The van der Waals surface area contributed by atoms with Crippen LogP contribution in [0.15, 0.2) is 30.9 Å². The first kappa shape index (κ1) is 12.0. The maximum atomic E-state index is 11.7. The van der Waals surface area contributed by atoms with Gasteiger partial charge in [-0.2, -0.15) is 0 Å². The summed E-state index contributed by atoms with van der Waals surface area (Å²) in [5.41, 5.74) is 1.70.